The van der Waals surface area contributed by atoms with E-state index in [-0.39, 0.29) is 17.6 Å². The highest BCUT2D eigenvalue weighted by molar-refractivity contribution is 7.80. The first kappa shape index (κ1) is 22.8. The summed E-state index contributed by atoms with van der Waals surface area (Å²) in [7, 11) is 0. The number of ether oxygens (including phenoxy) is 1. The van der Waals surface area contributed by atoms with Crippen molar-refractivity contribution in [3.05, 3.63) is 88.3 Å². The first-order valence-corrected chi connectivity index (χ1v) is 11.1. The van der Waals surface area contributed by atoms with Crippen molar-refractivity contribution in [3.8, 4) is 5.75 Å². The summed E-state index contributed by atoms with van der Waals surface area (Å²) in [6.07, 6.45) is 0.580. The van der Waals surface area contributed by atoms with Crippen molar-refractivity contribution in [2.45, 2.75) is 20.3 Å². The van der Waals surface area contributed by atoms with Crippen LogP contribution in [-0.4, -0.2) is 22.6 Å². The largest absolute Gasteiger partial charge is 0.484 e. The van der Waals surface area contributed by atoms with E-state index in [1.165, 1.54) is 0 Å². The maximum Gasteiger partial charge on any atom is 0.264 e. The van der Waals surface area contributed by atoms with Crippen molar-refractivity contribution in [1.29, 1.82) is 0 Å². The van der Waals surface area contributed by atoms with Crippen molar-refractivity contribution in [2.24, 2.45) is 0 Å². The van der Waals surface area contributed by atoms with Gasteiger partial charge in [0.2, 0.25) is 0 Å². The van der Waals surface area contributed by atoms with E-state index in [2.05, 4.69) is 21.7 Å². The fourth-order valence-electron chi connectivity index (χ4n) is 3.38. The molecule has 1 amide bonds. The van der Waals surface area contributed by atoms with Crippen LogP contribution >= 0.6 is 23.8 Å². The topological polar surface area (TPSA) is 76.4 Å². The number of hydrogen-bond donors (Lipinski definition) is 2. The van der Waals surface area contributed by atoms with Crippen LogP contribution in [0, 0.1) is 13.8 Å². The van der Waals surface area contributed by atoms with Crippen LogP contribution in [0.5, 0.6) is 5.75 Å². The average Bonchev–Trinajstić information content (AvgIpc) is 3.17. The Labute approximate surface area is 201 Å². The molecule has 2 N–H and O–H groups in total. The third-order valence-corrected chi connectivity index (χ3v) is 5.32. The summed E-state index contributed by atoms with van der Waals surface area (Å²) in [5.41, 5.74) is 5.75. The molecule has 0 saturated carbocycles. The molecular formula is C25H22ClN3O3S. The normalized spacial score (nSPS) is 10.8. The molecule has 0 aliphatic heterocycles. The van der Waals surface area contributed by atoms with Gasteiger partial charge in [-0.15, -0.1) is 0 Å². The third-order valence-electron chi connectivity index (χ3n) is 4.87. The maximum atomic E-state index is 12.1. The zero-order valence-corrected chi connectivity index (χ0v) is 19.7. The summed E-state index contributed by atoms with van der Waals surface area (Å²) in [5.74, 6) is 0.858. The molecule has 0 spiro atoms. The van der Waals surface area contributed by atoms with E-state index in [9.17, 15) is 4.79 Å². The molecule has 4 rings (SSSR count). The standard InChI is InChI=1S/C25H22ClN3O3S/c1-15-11-16(2)24-21(12-15)28-23(32-24)13-17-3-7-19(8-4-17)27-25(33)29-22(30)14-31-20-9-5-18(26)6-10-20/h3-12H,13-14H2,1-2H3,(H2,27,29,30,33). The lowest BCUT2D eigenvalue weighted by atomic mass is 10.1. The first-order chi connectivity index (χ1) is 15.9. The minimum atomic E-state index is -0.361. The van der Waals surface area contributed by atoms with Crippen LogP contribution in [0.25, 0.3) is 11.1 Å². The van der Waals surface area contributed by atoms with Crippen LogP contribution in [0.2, 0.25) is 5.02 Å². The van der Waals surface area contributed by atoms with E-state index >= 15 is 0 Å². The fourth-order valence-corrected chi connectivity index (χ4v) is 3.74. The quantitative estimate of drug-likeness (QED) is 0.351. The van der Waals surface area contributed by atoms with Crippen molar-refractivity contribution < 1.29 is 13.9 Å². The summed E-state index contributed by atoms with van der Waals surface area (Å²) in [5, 5.41) is 6.38. The van der Waals surface area contributed by atoms with Gasteiger partial charge >= 0.3 is 0 Å². The van der Waals surface area contributed by atoms with Crippen molar-refractivity contribution >= 4 is 51.6 Å². The Balaban J connectivity index is 1.29. The fraction of sp³-hybridized carbons (Fsp3) is 0.160. The molecule has 0 aliphatic rings. The van der Waals surface area contributed by atoms with E-state index in [0.29, 0.717) is 23.1 Å². The molecule has 4 aromatic rings. The van der Waals surface area contributed by atoms with E-state index in [4.69, 9.17) is 33.0 Å². The number of nitrogens with zero attached hydrogens (tertiary/aromatic N) is 1. The number of oxazole rings is 1. The molecule has 6 nitrogen and oxygen atoms in total. The van der Waals surface area contributed by atoms with Gasteiger partial charge in [-0.1, -0.05) is 29.8 Å². The number of anilines is 1. The number of amides is 1. The molecule has 8 heteroatoms. The Morgan fingerprint density at radius 3 is 2.55 bits per heavy atom. The molecule has 0 atom stereocenters. The van der Waals surface area contributed by atoms with Gasteiger partial charge in [0, 0.05) is 17.1 Å². The summed E-state index contributed by atoms with van der Waals surface area (Å²) < 4.78 is 11.4. The molecule has 0 radical (unpaired) electrons. The van der Waals surface area contributed by atoms with Gasteiger partial charge in [0.05, 0.1) is 0 Å². The number of benzene rings is 3. The lowest BCUT2D eigenvalue weighted by Crippen LogP contribution is -2.37. The van der Waals surface area contributed by atoms with Gasteiger partial charge in [-0.25, -0.2) is 4.98 Å². The summed E-state index contributed by atoms with van der Waals surface area (Å²) in [6, 6.07) is 18.6. The van der Waals surface area contributed by atoms with Gasteiger partial charge in [-0.05, 0) is 85.2 Å². The molecule has 1 heterocycles. The van der Waals surface area contributed by atoms with E-state index < -0.39 is 0 Å². The number of aryl methyl sites for hydroxylation is 2. The van der Waals surface area contributed by atoms with Gasteiger partial charge in [0.25, 0.3) is 5.91 Å². The van der Waals surface area contributed by atoms with E-state index in [1.807, 2.05) is 44.2 Å². The second-order valence-electron chi connectivity index (χ2n) is 7.66. The number of carbonyl (C=O) groups is 1. The zero-order valence-electron chi connectivity index (χ0n) is 18.1. The summed E-state index contributed by atoms with van der Waals surface area (Å²) in [6.45, 7) is 3.91. The first-order valence-electron chi connectivity index (χ1n) is 10.3. The highest BCUT2D eigenvalue weighted by Crippen LogP contribution is 2.23. The third kappa shape index (κ3) is 6.09. The smallest absolute Gasteiger partial charge is 0.264 e. The molecule has 0 saturated heterocycles. The zero-order chi connectivity index (χ0) is 23.4. The molecule has 0 aliphatic carbocycles. The lowest BCUT2D eigenvalue weighted by Gasteiger charge is -2.11. The van der Waals surface area contributed by atoms with Gasteiger partial charge < -0.3 is 14.5 Å². The highest BCUT2D eigenvalue weighted by atomic mass is 35.5. The number of carbonyl (C=O) groups excluding carboxylic acids is 1. The van der Waals surface area contributed by atoms with Crippen LogP contribution in [0.1, 0.15) is 22.6 Å². The Morgan fingerprint density at radius 2 is 1.82 bits per heavy atom. The van der Waals surface area contributed by atoms with Crippen LogP contribution in [0.4, 0.5) is 5.69 Å². The second kappa shape index (κ2) is 10.0. The minimum absolute atomic E-state index is 0.161. The monoisotopic (exact) mass is 479 g/mol. The summed E-state index contributed by atoms with van der Waals surface area (Å²) >= 11 is 11.0. The van der Waals surface area contributed by atoms with Crippen LogP contribution in [-0.2, 0) is 11.2 Å². The number of aromatic nitrogens is 1. The molecular weight excluding hydrogens is 458 g/mol. The number of hydrogen-bond acceptors (Lipinski definition) is 5. The Bertz CT molecular complexity index is 1300. The molecule has 1 aromatic heterocycles. The van der Waals surface area contributed by atoms with Crippen molar-refractivity contribution in [2.75, 3.05) is 11.9 Å². The van der Waals surface area contributed by atoms with Crippen LogP contribution in [0.15, 0.2) is 65.1 Å². The van der Waals surface area contributed by atoms with Crippen LogP contribution in [0.3, 0.4) is 0 Å². The van der Waals surface area contributed by atoms with Gasteiger partial charge in [0.1, 0.15) is 11.3 Å². The number of rotatable bonds is 6. The molecule has 33 heavy (non-hydrogen) atoms. The molecule has 3 aromatic carbocycles. The Morgan fingerprint density at radius 1 is 1.09 bits per heavy atom. The molecule has 0 fully saturated rings. The second-order valence-corrected chi connectivity index (χ2v) is 8.50. The van der Waals surface area contributed by atoms with Crippen molar-refractivity contribution in [1.82, 2.24) is 10.3 Å². The van der Waals surface area contributed by atoms with E-state index in [1.54, 1.807) is 24.3 Å². The predicted molar refractivity (Wildman–Crippen MR) is 134 cm³/mol. The molecule has 0 bridgehead atoms. The number of fused-ring (bicyclic) bond motifs is 1. The predicted octanol–water partition coefficient (Wildman–Crippen LogP) is 5.58. The SMILES string of the molecule is Cc1cc(C)c2oc(Cc3ccc(NC(=S)NC(=O)COc4ccc(Cl)cc4)cc3)nc2c1. The average molecular weight is 480 g/mol. The lowest BCUT2D eigenvalue weighted by molar-refractivity contribution is -0.121. The van der Waals surface area contributed by atoms with E-state index in [0.717, 1.165) is 33.5 Å². The Kier molecular flexibility index (Phi) is 6.91. The molecule has 0 unspecified atom stereocenters. The highest BCUT2D eigenvalue weighted by Gasteiger charge is 2.10. The number of halogens is 1. The van der Waals surface area contributed by atoms with Gasteiger partial charge in [-0.3, -0.25) is 10.1 Å². The van der Waals surface area contributed by atoms with Crippen LogP contribution < -0.4 is 15.4 Å². The molecule has 168 valence electrons. The summed E-state index contributed by atoms with van der Waals surface area (Å²) in [4.78, 5) is 16.7. The maximum absolute atomic E-state index is 12.1. The Hall–Kier alpha value is -3.42. The number of nitrogens with one attached hydrogen (secondary N) is 2. The van der Waals surface area contributed by atoms with Gasteiger partial charge in [-0.2, -0.15) is 0 Å². The van der Waals surface area contributed by atoms with Gasteiger partial charge in [0.15, 0.2) is 23.2 Å². The number of thiocarbonyl (C=S) groups is 1. The van der Waals surface area contributed by atoms with Crippen molar-refractivity contribution in [3.63, 3.8) is 0 Å². The minimum Gasteiger partial charge on any atom is -0.484 e.